The van der Waals surface area contributed by atoms with Crippen molar-refractivity contribution in [2.24, 2.45) is 0 Å². The highest BCUT2D eigenvalue weighted by atomic mass is 35.5. The lowest BCUT2D eigenvalue weighted by molar-refractivity contribution is 0.0949. The molecule has 4 rings (SSSR count). The third-order valence-electron chi connectivity index (χ3n) is 4.66. The number of carbonyl (C=O) groups is 2. The Morgan fingerprint density at radius 2 is 1.59 bits per heavy atom. The summed E-state index contributed by atoms with van der Waals surface area (Å²) in [5.74, 6) is 0.298. The second kappa shape index (κ2) is 8.29. The summed E-state index contributed by atoms with van der Waals surface area (Å²) in [5, 5.41) is 3.24. The smallest absolute Gasteiger partial charge is 0.253 e. The molecule has 1 N–H and O–H groups in total. The Hall–Kier alpha value is -3.44. The standard InChI is InChI=1S/C23H18ClN3O2/c24-18-11-5-4-10-17(18)23(29)25-14-22-26-19-12-6-7-13-20(19)27(22)15-21(28)16-8-2-1-3-9-16/h1-13H,14-15H2,(H,25,29). The van der Waals surface area contributed by atoms with E-state index in [0.29, 0.717) is 22.0 Å². The van der Waals surface area contributed by atoms with Crippen molar-refractivity contribution in [1.29, 1.82) is 0 Å². The number of nitrogens with one attached hydrogen (secondary N) is 1. The van der Waals surface area contributed by atoms with Crippen LogP contribution in [0.1, 0.15) is 26.5 Å². The van der Waals surface area contributed by atoms with Crippen LogP contribution in [0.15, 0.2) is 78.9 Å². The number of Topliss-reactive ketones (excluding diaryl/α,β-unsaturated/α-hetero) is 1. The van der Waals surface area contributed by atoms with Crippen LogP contribution in [0.2, 0.25) is 5.02 Å². The third-order valence-corrected chi connectivity index (χ3v) is 4.99. The molecule has 0 saturated carbocycles. The van der Waals surface area contributed by atoms with Gasteiger partial charge in [0.2, 0.25) is 0 Å². The van der Waals surface area contributed by atoms with Crippen LogP contribution in [0.4, 0.5) is 0 Å². The average molecular weight is 404 g/mol. The van der Waals surface area contributed by atoms with Gasteiger partial charge in [-0.2, -0.15) is 0 Å². The topological polar surface area (TPSA) is 64.0 Å². The summed E-state index contributed by atoms with van der Waals surface area (Å²) in [6.07, 6.45) is 0. The number of imidazole rings is 1. The lowest BCUT2D eigenvalue weighted by Crippen LogP contribution is -2.25. The van der Waals surface area contributed by atoms with Gasteiger partial charge in [0.1, 0.15) is 5.82 Å². The normalized spacial score (nSPS) is 10.8. The van der Waals surface area contributed by atoms with Gasteiger partial charge >= 0.3 is 0 Å². The number of carbonyl (C=O) groups excluding carboxylic acids is 2. The van der Waals surface area contributed by atoms with E-state index in [1.165, 1.54) is 0 Å². The summed E-state index contributed by atoms with van der Waals surface area (Å²) in [4.78, 5) is 29.9. The second-order valence-corrected chi connectivity index (χ2v) is 6.96. The summed E-state index contributed by atoms with van der Waals surface area (Å²) >= 11 is 6.11. The number of rotatable bonds is 6. The van der Waals surface area contributed by atoms with Gasteiger partial charge in [-0.3, -0.25) is 9.59 Å². The van der Waals surface area contributed by atoms with Gasteiger partial charge in [-0.15, -0.1) is 0 Å². The number of ketones is 1. The number of halogens is 1. The van der Waals surface area contributed by atoms with Crippen molar-refractivity contribution in [3.05, 3.63) is 101 Å². The first-order valence-electron chi connectivity index (χ1n) is 9.18. The molecule has 0 aliphatic heterocycles. The fraction of sp³-hybridized carbons (Fsp3) is 0.0870. The summed E-state index contributed by atoms with van der Waals surface area (Å²) < 4.78 is 1.84. The molecule has 0 saturated heterocycles. The van der Waals surface area contributed by atoms with Gasteiger partial charge in [0.05, 0.1) is 34.7 Å². The Kier molecular flexibility index (Phi) is 5.40. The number of nitrogens with zero attached hydrogens (tertiary/aromatic N) is 2. The monoisotopic (exact) mass is 403 g/mol. The van der Waals surface area contributed by atoms with Crippen LogP contribution in [-0.4, -0.2) is 21.2 Å². The molecule has 0 fully saturated rings. The molecule has 0 unspecified atom stereocenters. The van der Waals surface area contributed by atoms with E-state index in [4.69, 9.17) is 11.6 Å². The zero-order valence-electron chi connectivity index (χ0n) is 15.5. The molecule has 1 heterocycles. The van der Waals surface area contributed by atoms with Gasteiger partial charge in [-0.1, -0.05) is 66.2 Å². The molecular weight excluding hydrogens is 386 g/mol. The van der Waals surface area contributed by atoms with Crippen LogP contribution in [0.3, 0.4) is 0 Å². The van der Waals surface area contributed by atoms with Gasteiger partial charge in [0, 0.05) is 5.56 Å². The van der Waals surface area contributed by atoms with Crippen molar-refractivity contribution in [2.75, 3.05) is 0 Å². The van der Waals surface area contributed by atoms with E-state index < -0.39 is 0 Å². The number of hydrogen-bond acceptors (Lipinski definition) is 3. The van der Waals surface area contributed by atoms with Crippen LogP contribution in [0.5, 0.6) is 0 Å². The Labute approximate surface area is 173 Å². The molecule has 0 aliphatic carbocycles. The van der Waals surface area contributed by atoms with Crippen LogP contribution < -0.4 is 5.32 Å². The molecule has 0 atom stereocenters. The Morgan fingerprint density at radius 1 is 0.897 bits per heavy atom. The highest BCUT2D eigenvalue weighted by molar-refractivity contribution is 6.33. The Balaban J connectivity index is 1.61. The molecule has 0 radical (unpaired) electrons. The zero-order chi connectivity index (χ0) is 20.2. The van der Waals surface area contributed by atoms with Gasteiger partial charge in [0.15, 0.2) is 5.78 Å². The van der Waals surface area contributed by atoms with Crippen molar-refractivity contribution in [3.63, 3.8) is 0 Å². The molecule has 0 aliphatic rings. The maximum atomic E-state index is 12.8. The van der Waals surface area contributed by atoms with E-state index in [2.05, 4.69) is 10.3 Å². The number of aromatic nitrogens is 2. The molecule has 6 heteroatoms. The van der Waals surface area contributed by atoms with E-state index >= 15 is 0 Å². The molecule has 1 amide bonds. The maximum Gasteiger partial charge on any atom is 0.253 e. The van der Waals surface area contributed by atoms with Gasteiger partial charge in [-0.25, -0.2) is 4.98 Å². The predicted molar refractivity (Wildman–Crippen MR) is 113 cm³/mol. The largest absolute Gasteiger partial charge is 0.345 e. The van der Waals surface area contributed by atoms with Crippen molar-refractivity contribution in [1.82, 2.24) is 14.9 Å². The lowest BCUT2D eigenvalue weighted by Gasteiger charge is -2.10. The first kappa shape index (κ1) is 18.9. The van der Waals surface area contributed by atoms with Crippen molar-refractivity contribution in [2.45, 2.75) is 13.1 Å². The Bertz CT molecular complexity index is 1190. The zero-order valence-corrected chi connectivity index (χ0v) is 16.3. The summed E-state index contributed by atoms with van der Waals surface area (Å²) in [5.41, 5.74) is 2.66. The van der Waals surface area contributed by atoms with Crippen LogP contribution in [-0.2, 0) is 13.1 Å². The molecule has 0 bridgehead atoms. The Morgan fingerprint density at radius 3 is 2.38 bits per heavy atom. The van der Waals surface area contributed by atoms with Crippen molar-refractivity contribution < 1.29 is 9.59 Å². The second-order valence-electron chi connectivity index (χ2n) is 6.55. The summed E-state index contributed by atoms with van der Waals surface area (Å²) in [6, 6.07) is 23.6. The highest BCUT2D eigenvalue weighted by Gasteiger charge is 2.16. The van der Waals surface area contributed by atoms with Crippen molar-refractivity contribution >= 4 is 34.3 Å². The van der Waals surface area contributed by atoms with Crippen LogP contribution in [0, 0.1) is 0 Å². The van der Waals surface area contributed by atoms with E-state index in [1.54, 1.807) is 36.4 Å². The van der Waals surface area contributed by atoms with Crippen LogP contribution in [0.25, 0.3) is 11.0 Å². The molecular formula is C23H18ClN3O2. The van der Waals surface area contributed by atoms with Crippen molar-refractivity contribution in [3.8, 4) is 0 Å². The first-order valence-corrected chi connectivity index (χ1v) is 9.56. The molecule has 1 aromatic heterocycles. The van der Waals surface area contributed by atoms with E-state index in [9.17, 15) is 9.59 Å². The maximum absolute atomic E-state index is 12.8. The first-order chi connectivity index (χ1) is 14.1. The molecule has 3 aromatic carbocycles. The van der Waals surface area contributed by atoms with Gasteiger partial charge in [0.25, 0.3) is 5.91 Å². The minimum absolute atomic E-state index is 0.0209. The number of fused-ring (bicyclic) bond motifs is 1. The molecule has 144 valence electrons. The quantitative estimate of drug-likeness (QED) is 0.482. The predicted octanol–water partition coefficient (Wildman–Crippen LogP) is 4.50. The SMILES string of the molecule is O=C(Cn1c(CNC(=O)c2ccccc2Cl)nc2ccccc21)c1ccccc1. The fourth-order valence-electron chi connectivity index (χ4n) is 3.20. The van der Waals surface area contributed by atoms with Gasteiger partial charge < -0.3 is 9.88 Å². The highest BCUT2D eigenvalue weighted by Crippen LogP contribution is 2.18. The van der Waals surface area contributed by atoms with E-state index in [0.717, 1.165) is 11.0 Å². The number of hydrogen-bond donors (Lipinski definition) is 1. The minimum Gasteiger partial charge on any atom is -0.345 e. The molecule has 4 aromatic rings. The molecule has 0 spiro atoms. The molecule has 5 nitrogen and oxygen atoms in total. The van der Waals surface area contributed by atoms with E-state index in [-0.39, 0.29) is 24.8 Å². The number of amides is 1. The number of benzene rings is 3. The van der Waals surface area contributed by atoms with Crippen LogP contribution >= 0.6 is 11.6 Å². The fourth-order valence-corrected chi connectivity index (χ4v) is 3.42. The van der Waals surface area contributed by atoms with Gasteiger partial charge in [-0.05, 0) is 24.3 Å². The number of para-hydroxylation sites is 2. The molecule has 29 heavy (non-hydrogen) atoms. The average Bonchev–Trinajstić information content (AvgIpc) is 3.10. The third kappa shape index (κ3) is 4.05. The minimum atomic E-state index is -0.288. The van der Waals surface area contributed by atoms with E-state index in [1.807, 2.05) is 47.0 Å². The lowest BCUT2D eigenvalue weighted by atomic mass is 10.1. The summed E-state index contributed by atoms with van der Waals surface area (Å²) in [6.45, 7) is 0.322. The summed E-state index contributed by atoms with van der Waals surface area (Å²) in [7, 11) is 0.